The van der Waals surface area contributed by atoms with Gasteiger partial charge in [0.2, 0.25) is 0 Å². The second-order valence-electron chi connectivity index (χ2n) is 7.86. The molecule has 162 valence electrons. The molecule has 8 nitrogen and oxygen atoms in total. The number of amides is 3. The van der Waals surface area contributed by atoms with Crippen molar-refractivity contribution >= 4 is 11.9 Å². The van der Waals surface area contributed by atoms with Crippen LogP contribution in [0.5, 0.6) is 11.5 Å². The fourth-order valence-corrected chi connectivity index (χ4v) is 4.22. The predicted octanol–water partition coefficient (Wildman–Crippen LogP) is 2.64. The Morgan fingerprint density at radius 2 is 1.81 bits per heavy atom. The van der Waals surface area contributed by atoms with E-state index >= 15 is 0 Å². The van der Waals surface area contributed by atoms with Crippen LogP contribution in [0, 0.1) is 0 Å². The van der Waals surface area contributed by atoms with Crippen LogP contribution in [0.2, 0.25) is 0 Å². The summed E-state index contributed by atoms with van der Waals surface area (Å²) in [4.78, 5) is 31.2. The van der Waals surface area contributed by atoms with Crippen molar-refractivity contribution in [1.82, 2.24) is 20.5 Å². The van der Waals surface area contributed by atoms with Crippen LogP contribution in [0.15, 0.2) is 67.0 Å². The second-order valence-corrected chi connectivity index (χ2v) is 7.86. The van der Waals surface area contributed by atoms with Crippen molar-refractivity contribution in [3.63, 3.8) is 0 Å². The molecule has 2 aromatic carbocycles. The maximum absolute atomic E-state index is 13.0. The molecule has 2 aliphatic rings. The number of aromatic nitrogens is 1. The number of ether oxygens (including phenoxy) is 2. The number of fused-ring (bicyclic) bond motifs is 1. The summed E-state index contributed by atoms with van der Waals surface area (Å²) in [6, 6.07) is 16.6. The van der Waals surface area contributed by atoms with Crippen LogP contribution in [0.3, 0.4) is 0 Å². The first-order valence-corrected chi connectivity index (χ1v) is 10.2. The number of carbonyl (C=O) groups is 2. The highest BCUT2D eigenvalue weighted by Crippen LogP contribution is 2.33. The number of rotatable bonds is 5. The lowest BCUT2D eigenvalue weighted by molar-refractivity contribution is -0.125. The molecular formula is C24H22N4O4. The number of hydrogen-bond donors (Lipinski definition) is 2. The van der Waals surface area contributed by atoms with Crippen LogP contribution in [0.1, 0.15) is 11.1 Å². The first kappa shape index (κ1) is 20.0. The van der Waals surface area contributed by atoms with Gasteiger partial charge >= 0.3 is 6.03 Å². The molecule has 0 aliphatic carbocycles. The fourth-order valence-electron chi connectivity index (χ4n) is 4.22. The molecule has 0 spiro atoms. The van der Waals surface area contributed by atoms with Crippen molar-refractivity contribution in [2.45, 2.75) is 12.1 Å². The van der Waals surface area contributed by atoms with Crippen molar-refractivity contribution < 1.29 is 19.1 Å². The zero-order valence-corrected chi connectivity index (χ0v) is 17.5. The number of nitrogens with one attached hydrogen (secondary N) is 2. The van der Waals surface area contributed by atoms with Gasteiger partial charge in [-0.25, -0.2) is 4.79 Å². The minimum Gasteiger partial charge on any atom is -0.497 e. The monoisotopic (exact) mass is 430 g/mol. The highest BCUT2D eigenvalue weighted by Gasteiger charge is 2.49. The molecule has 1 aromatic heterocycles. The molecule has 1 saturated heterocycles. The van der Waals surface area contributed by atoms with E-state index in [-0.39, 0.29) is 12.5 Å². The summed E-state index contributed by atoms with van der Waals surface area (Å²) >= 11 is 0. The van der Waals surface area contributed by atoms with E-state index < -0.39 is 11.6 Å². The Hall–Kier alpha value is -3.91. The number of imide groups is 1. The van der Waals surface area contributed by atoms with E-state index in [9.17, 15) is 9.59 Å². The minimum absolute atomic E-state index is 0.260. The summed E-state index contributed by atoms with van der Waals surface area (Å²) in [5, 5.41) is 5.25. The Morgan fingerprint density at radius 3 is 2.50 bits per heavy atom. The first-order chi connectivity index (χ1) is 15.6. The van der Waals surface area contributed by atoms with Gasteiger partial charge in [0.05, 0.1) is 7.11 Å². The van der Waals surface area contributed by atoms with Crippen molar-refractivity contribution in [2.75, 3.05) is 20.4 Å². The van der Waals surface area contributed by atoms with E-state index in [1.165, 1.54) is 0 Å². The number of urea groups is 1. The Kier molecular flexibility index (Phi) is 4.99. The van der Waals surface area contributed by atoms with E-state index in [1.807, 2.05) is 59.5 Å². The van der Waals surface area contributed by atoms with Gasteiger partial charge in [0.1, 0.15) is 18.2 Å². The summed E-state index contributed by atoms with van der Waals surface area (Å²) in [6.07, 6.45) is 3.47. The average molecular weight is 430 g/mol. The van der Waals surface area contributed by atoms with E-state index in [4.69, 9.17) is 9.47 Å². The quantitative estimate of drug-likeness (QED) is 0.605. The number of pyridine rings is 1. The molecule has 2 N–H and O–H groups in total. The summed E-state index contributed by atoms with van der Waals surface area (Å²) in [5.41, 5.74) is 2.47. The molecule has 1 unspecified atom stereocenters. The number of benzene rings is 2. The highest BCUT2D eigenvalue weighted by atomic mass is 16.5. The molecule has 8 heteroatoms. The number of hydrogen-bond acceptors (Lipinski definition) is 6. The molecule has 5 rings (SSSR count). The molecule has 1 atom stereocenters. The Labute approximate surface area is 185 Å². The summed E-state index contributed by atoms with van der Waals surface area (Å²) in [5.74, 6) is 1.15. The minimum atomic E-state index is -1.21. The molecule has 0 saturated carbocycles. The molecule has 0 radical (unpaired) electrons. The molecule has 0 bridgehead atoms. The van der Waals surface area contributed by atoms with Crippen LogP contribution in [0.25, 0.3) is 11.1 Å². The number of nitrogens with zero attached hydrogens (tertiary/aromatic N) is 2. The normalized spacial score (nSPS) is 20.2. The number of carbonyl (C=O) groups excluding carboxylic acids is 2. The molecule has 32 heavy (non-hydrogen) atoms. The van der Waals surface area contributed by atoms with Gasteiger partial charge in [0.25, 0.3) is 5.91 Å². The third-order valence-electron chi connectivity index (χ3n) is 5.86. The third-order valence-corrected chi connectivity index (χ3v) is 5.86. The van der Waals surface area contributed by atoms with E-state index in [2.05, 4.69) is 15.6 Å². The average Bonchev–Trinajstić information content (AvgIpc) is 3.12. The smallest absolute Gasteiger partial charge is 0.322 e. The Bertz CT molecular complexity index is 1170. The SMILES string of the molecule is COc1ccc2c(c1)CN(CC1(c3ccc(-c4ccncc4)cc3)NC(=O)NC1=O)CO2. The lowest BCUT2D eigenvalue weighted by Crippen LogP contribution is -2.53. The maximum atomic E-state index is 13.0. The third kappa shape index (κ3) is 3.54. The van der Waals surface area contributed by atoms with Crippen LogP contribution in [-0.2, 0) is 16.9 Å². The van der Waals surface area contributed by atoms with E-state index in [0.29, 0.717) is 18.8 Å². The Morgan fingerprint density at radius 1 is 1.06 bits per heavy atom. The van der Waals surface area contributed by atoms with Gasteiger partial charge in [0.15, 0.2) is 5.54 Å². The van der Waals surface area contributed by atoms with Crippen LogP contribution in [-0.4, -0.2) is 42.2 Å². The summed E-state index contributed by atoms with van der Waals surface area (Å²) < 4.78 is 11.2. The molecule has 2 aliphatic heterocycles. The van der Waals surface area contributed by atoms with E-state index in [1.54, 1.807) is 19.5 Å². The van der Waals surface area contributed by atoms with E-state index in [0.717, 1.165) is 28.2 Å². The molecule has 3 heterocycles. The molecular weight excluding hydrogens is 408 g/mol. The van der Waals surface area contributed by atoms with Crippen molar-refractivity contribution in [3.8, 4) is 22.6 Å². The zero-order chi connectivity index (χ0) is 22.1. The van der Waals surface area contributed by atoms with Gasteiger partial charge in [-0.3, -0.25) is 20.0 Å². The van der Waals surface area contributed by atoms with Crippen LogP contribution < -0.4 is 20.1 Å². The van der Waals surface area contributed by atoms with Gasteiger partial charge in [-0.15, -0.1) is 0 Å². The lowest BCUT2D eigenvalue weighted by Gasteiger charge is -2.36. The molecule has 1 fully saturated rings. The van der Waals surface area contributed by atoms with Gasteiger partial charge in [0, 0.05) is 31.0 Å². The fraction of sp³-hybridized carbons (Fsp3) is 0.208. The summed E-state index contributed by atoms with van der Waals surface area (Å²) in [6.45, 7) is 1.13. The van der Waals surface area contributed by atoms with Gasteiger partial charge in [-0.05, 0) is 47.0 Å². The lowest BCUT2D eigenvalue weighted by atomic mass is 9.88. The van der Waals surface area contributed by atoms with Crippen LogP contribution >= 0.6 is 0 Å². The second kappa shape index (κ2) is 7.97. The Balaban J connectivity index is 1.44. The molecule has 3 aromatic rings. The molecule has 3 amide bonds. The topological polar surface area (TPSA) is 92.8 Å². The van der Waals surface area contributed by atoms with Crippen molar-refractivity contribution in [3.05, 3.63) is 78.1 Å². The highest BCUT2D eigenvalue weighted by molar-refractivity contribution is 6.07. The van der Waals surface area contributed by atoms with Gasteiger partial charge in [-0.2, -0.15) is 0 Å². The van der Waals surface area contributed by atoms with Crippen molar-refractivity contribution in [1.29, 1.82) is 0 Å². The maximum Gasteiger partial charge on any atom is 0.322 e. The van der Waals surface area contributed by atoms with Gasteiger partial charge < -0.3 is 14.8 Å². The largest absolute Gasteiger partial charge is 0.497 e. The zero-order valence-electron chi connectivity index (χ0n) is 17.5. The standard InChI is InChI=1S/C24H22N4O4/c1-31-20-6-7-21-18(12-20)13-28(15-32-21)14-24(22(29)26-23(30)27-24)19-4-2-16(3-5-19)17-8-10-25-11-9-17/h2-12H,13-15H2,1H3,(H2,26,27,29,30). The first-order valence-electron chi connectivity index (χ1n) is 10.2. The van der Waals surface area contributed by atoms with Crippen LogP contribution in [0.4, 0.5) is 4.79 Å². The number of methoxy groups -OCH3 is 1. The van der Waals surface area contributed by atoms with Crippen molar-refractivity contribution in [2.24, 2.45) is 0 Å². The van der Waals surface area contributed by atoms with Gasteiger partial charge in [-0.1, -0.05) is 24.3 Å². The predicted molar refractivity (Wildman–Crippen MR) is 117 cm³/mol. The summed E-state index contributed by atoms with van der Waals surface area (Å²) in [7, 11) is 1.62.